The van der Waals surface area contributed by atoms with Crippen LogP contribution in [0, 0.1) is 12.8 Å². The van der Waals surface area contributed by atoms with Gasteiger partial charge in [0.05, 0.1) is 17.4 Å². The van der Waals surface area contributed by atoms with Crippen LogP contribution < -0.4 is 10.1 Å². The lowest BCUT2D eigenvalue weighted by molar-refractivity contribution is 0.0687. The highest BCUT2D eigenvalue weighted by molar-refractivity contribution is 7.20. The SMILES string of the molecule is COc1ccc(CCNc2ncnc3sc(C(=O)N4CCCC(C)C4)c(C)c23)cc1. The molecule has 0 spiro atoms. The minimum Gasteiger partial charge on any atom is -0.497 e. The van der Waals surface area contributed by atoms with Crippen molar-refractivity contribution in [2.45, 2.75) is 33.1 Å². The fourth-order valence-electron chi connectivity index (χ4n) is 4.04. The van der Waals surface area contributed by atoms with E-state index in [1.165, 1.54) is 23.3 Å². The lowest BCUT2D eigenvalue weighted by atomic mass is 10.00. The van der Waals surface area contributed by atoms with E-state index in [2.05, 4.69) is 34.3 Å². The van der Waals surface area contributed by atoms with Gasteiger partial charge in [0.15, 0.2) is 0 Å². The largest absolute Gasteiger partial charge is 0.497 e. The normalized spacial score (nSPS) is 16.6. The Bertz CT molecular complexity index is 1030. The number of hydrogen-bond donors (Lipinski definition) is 1. The van der Waals surface area contributed by atoms with Crippen molar-refractivity contribution in [3.8, 4) is 5.75 Å². The minimum absolute atomic E-state index is 0.131. The molecule has 0 bridgehead atoms. The van der Waals surface area contributed by atoms with Gasteiger partial charge >= 0.3 is 0 Å². The molecule has 1 aliphatic heterocycles. The van der Waals surface area contributed by atoms with Gasteiger partial charge in [-0.3, -0.25) is 4.79 Å². The molecule has 1 unspecified atom stereocenters. The van der Waals surface area contributed by atoms with Crippen molar-refractivity contribution in [2.75, 3.05) is 32.1 Å². The van der Waals surface area contributed by atoms with Crippen LogP contribution in [-0.2, 0) is 6.42 Å². The standard InChI is InChI=1S/C23H28N4O2S/c1-15-5-4-12-27(13-15)23(28)20-16(2)19-21(25-14-26-22(19)30-20)24-11-10-17-6-8-18(29-3)9-7-17/h6-9,14-15H,4-5,10-13H2,1-3H3,(H,24,25,26). The molecule has 6 nitrogen and oxygen atoms in total. The fraction of sp³-hybridized carbons (Fsp3) is 0.435. The first-order chi connectivity index (χ1) is 14.6. The highest BCUT2D eigenvalue weighted by Crippen LogP contribution is 2.34. The number of carbonyl (C=O) groups is 1. The van der Waals surface area contributed by atoms with Crippen LogP contribution in [0.1, 0.15) is 40.6 Å². The smallest absolute Gasteiger partial charge is 0.264 e. The highest BCUT2D eigenvalue weighted by Gasteiger charge is 2.26. The van der Waals surface area contributed by atoms with E-state index in [1.807, 2.05) is 24.0 Å². The van der Waals surface area contributed by atoms with Crippen LogP contribution in [0.4, 0.5) is 5.82 Å². The number of aryl methyl sites for hydroxylation is 1. The van der Waals surface area contributed by atoms with Gasteiger partial charge in [-0.25, -0.2) is 9.97 Å². The average molecular weight is 425 g/mol. The molecule has 1 fully saturated rings. The molecule has 158 valence electrons. The Morgan fingerprint density at radius 2 is 2.10 bits per heavy atom. The third kappa shape index (κ3) is 4.26. The third-order valence-electron chi connectivity index (χ3n) is 5.73. The van der Waals surface area contributed by atoms with E-state index < -0.39 is 0 Å². The Hall–Kier alpha value is -2.67. The summed E-state index contributed by atoms with van der Waals surface area (Å²) in [5.74, 6) is 2.35. The molecule has 7 heteroatoms. The summed E-state index contributed by atoms with van der Waals surface area (Å²) in [6, 6.07) is 8.09. The van der Waals surface area contributed by atoms with Crippen LogP contribution in [0.2, 0.25) is 0 Å². The van der Waals surface area contributed by atoms with Gasteiger partial charge in [-0.15, -0.1) is 11.3 Å². The van der Waals surface area contributed by atoms with Gasteiger partial charge in [0, 0.05) is 19.6 Å². The van der Waals surface area contributed by atoms with E-state index in [1.54, 1.807) is 13.4 Å². The van der Waals surface area contributed by atoms with E-state index in [9.17, 15) is 4.79 Å². The van der Waals surface area contributed by atoms with Gasteiger partial charge in [-0.1, -0.05) is 19.1 Å². The van der Waals surface area contributed by atoms with Gasteiger partial charge in [0.1, 0.15) is 22.7 Å². The molecule has 1 saturated heterocycles. The molecular weight excluding hydrogens is 396 g/mol. The molecule has 1 amide bonds. The van der Waals surface area contributed by atoms with Crippen LogP contribution in [0.25, 0.3) is 10.2 Å². The molecule has 1 aliphatic rings. The van der Waals surface area contributed by atoms with Crippen molar-refractivity contribution in [1.82, 2.24) is 14.9 Å². The number of piperidine rings is 1. The number of methoxy groups -OCH3 is 1. The van der Waals surface area contributed by atoms with Crippen LogP contribution >= 0.6 is 11.3 Å². The Morgan fingerprint density at radius 3 is 2.83 bits per heavy atom. The summed E-state index contributed by atoms with van der Waals surface area (Å²) in [5, 5.41) is 4.41. The van der Waals surface area contributed by atoms with Crippen LogP contribution in [0.3, 0.4) is 0 Å². The van der Waals surface area contributed by atoms with E-state index >= 15 is 0 Å². The Labute approximate surface area is 181 Å². The second kappa shape index (κ2) is 9.00. The first-order valence-corrected chi connectivity index (χ1v) is 11.3. The van der Waals surface area contributed by atoms with Crippen molar-refractivity contribution in [1.29, 1.82) is 0 Å². The maximum atomic E-state index is 13.2. The Kier molecular flexibility index (Phi) is 6.18. The van der Waals surface area contributed by atoms with E-state index in [0.717, 1.165) is 64.7 Å². The first-order valence-electron chi connectivity index (χ1n) is 10.5. The Balaban J connectivity index is 1.50. The number of carbonyl (C=O) groups excluding carboxylic acids is 1. The predicted molar refractivity (Wildman–Crippen MR) is 122 cm³/mol. The van der Waals surface area contributed by atoms with Gasteiger partial charge in [0.25, 0.3) is 5.91 Å². The second-order valence-corrected chi connectivity index (χ2v) is 8.98. The van der Waals surface area contributed by atoms with Crippen molar-refractivity contribution >= 4 is 33.3 Å². The molecule has 0 aliphatic carbocycles. The van der Waals surface area contributed by atoms with Crippen molar-refractivity contribution in [3.63, 3.8) is 0 Å². The maximum absolute atomic E-state index is 13.2. The molecule has 1 atom stereocenters. The van der Waals surface area contributed by atoms with E-state index in [-0.39, 0.29) is 5.91 Å². The third-order valence-corrected chi connectivity index (χ3v) is 6.92. The number of anilines is 1. The van der Waals surface area contributed by atoms with Gasteiger partial charge in [0.2, 0.25) is 0 Å². The molecule has 3 aromatic rings. The van der Waals surface area contributed by atoms with Crippen molar-refractivity contribution in [3.05, 3.63) is 46.6 Å². The minimum atomic E-state index is 0.131. The number of benzene rings is 1. The molecule has 0 saturated carbocycles. The maximum Gasteiger partial charge on any atom is 0.264 e. The Morgan fingerprint density at radius 1 is 1.30 bits per heavy atom. The first kappa shape index (κ1) is 20.6. The summed E-state index contributed by atoms with van der Waals surface area (Å²) in [5.41, 5.74) is 2.21. The summed E-state index contributed by atoms with van der Waals surface area (Å²) in [6.07, 6.45) is 4.72. The zero-order valence-corrected chi connectivity index (χ0v) is 18.6. The number of nitrogens with zero attached hydrogens (tertiary/aromatic N) is 3. The highest BCUT2D eigenvalue weighted by atomic mass is 32.1. The van der Waals surface area contributed by atoms with Gasteiger partial charge in [-0.05, 0) is 55.4 Å². The number of ether oxygens (including phenoxy) is 1. The molecule has 0 radical (unpaired) electrons. The number of amides is 1. The topological polar surface area (TPSA) is 67.3 Å². The summed E-state index contributed by atoms with van der Waals surface area (Å²) in [6.45, 7) is 6.66. The summed E-state index contributed by atoms with van der Waals surface area (Å²) in [4.78, 5) is 25.7. The van der Waals surface area contributed by atoms with Crippen LogP contribution in [-0.4, -0.2) is 47.5 Å². The molecular formula is C23H28N4O2S. The number of fused-ring (bicyclic) bond motifs is 1. The zero-order valence-electron chi connectivity index (χ0n) is 17.8. The van der Waals surface area contributed by atoms with Gasteiger partial charge in [-0.2, -0.15) is 0 Å². The number of hydrogen-bond acceptors (Lipinski definition) is 6. The number of nitrogens with one attached hydrogen (secondary N) is 1. The lowest BCUT2D eigenvalue weighted by Crippen LogP contribution is -2.38. The zero-order chi connectivity index (χ0) is 21.1. The summed E-state index contributed by atoms with van der Waals surface area (Å²) >= 11 is 1.48. The monoisotopic (exact) mass is 424 g/mol. The molecule has 3 heterocycles. The second-order valence-electron chi connectivity index (χ2n) is 7.98. The number of aromatic nitrogens is 2. The predicted octanol–water partition coefficient (Wildman–Crippen LogP) is 4.54. The lowest BCUT2D eigenvalue weighted by Gasteiger charge is -2.30. The number of rotatable bonds is 6. The average Bonchev–Trinajstić information content (AvgIpc) is 3.11. The molecule has 2 aromatic heterocycles. The fourth-order valence-corrected chi connectivity index (χ4v) is 5.16. The van der Waals surface area contributed by atoms with Gasteiger partial charge < -0.3 is 15.0 Å². The number of likely N-dealkylation sites (tertiary alicyclic amines) is 1. The van der Waals surface area contributed by atoms with Crippen molar-refractivity contribution in [2.24, 2.45) is 5.92 Å². The van der Waals surface area contributed by atoms with E-state index in [4.69, 9.17) is 4.74 Å². The van der Waals surface area contributed by atoms with E-state index in [0.29, 0.717) is 5.92 Å². The molecule has 1 N–H and O–H groups in total. The molecule has 4 rings (SSSR count). The molecule has 1 aromatic carbocycles. The number of thiophene rings is 1. The molecule has 30 heavy (non-hydrogen) atoms. The van der Waals surface area contributed by atoms with Crippen molar-refractivity contribution < 1.29 is 9.53 Å². The quantitative estimate of drug-likeness (QED) is 0.629. The van der Waals surface area contributed by atoms with Crippen LogP contribution in [0.15, 0.2) is 30.6 Å². The summed E-state index contributed by atoms with van der Waals surface area (Å²) < 4.78 is 5.21. The summed E-state index contributed by atoms with van der Waals surface area (Å²) in [7, 11) is 1.67. The van der Waals surface area contributed by atoms with Crippen LogP contribution in [0.5, 0.6) is 5.75 Å².